The van der Waals surface area contributed by atoms with Gasteiger partial charge in [-0.15, -0.1) is 23.1 Å². The molecule has 0 aliphatic heterocycles. The summed E-state index contributed by atoms with van der Waals surface area (Å²) in [7, 11) is 0. The lowest BCUT2D eigenvalue weighted by Crippen LogP contribution is -2.12. The molecule has 4 rings (SSSR count). The van der Waals surface area contributed by atoms with Gasteiger partial charge in [-0.25, -0.2) is 4.98 Å². The second kappa shape index (κ2) is 10.7. The molecule has 0 unspecified atom stereocenters. The Balaban J connectivity index is 1.41. The van der Waals surface area contributed by atoms with Crippen LogP contribution in [0.5, 0.6) is 0 Å². The van der Waals surface area contributed by atoms with Gasteiger partial charge >= 0.3 is 0 Å². The van der Waals surface area contributed by atoms with Gasteiger partial charge in [0.05, 0.1) is 25.5 Å². The van der Waals surface area contributed by atoms with Gasteiger partial charge in [0.1, 0.15) is 0 Å². The molecule has 33 heavy (non-hydrogen) atoms. The second-order valence-electron chi connectivity index (χ2n) is 7.17. The molecule has 5 nitrogen and oxygen atoms in total. The van der Waals surface area contributed by atoms with Crippen molar-refractivity contribution in [3.8, 4) is 0 Å². The van der Waals surface area contributed by atoms with Crippen LogP contribution in [0, 0.1) is 6.92 Å². The molecule has 8 heteroatoms. The fourth-order valence-corrected chi connectivity index (χ4v) is 5.10. The van der Waals surface area contributed by atoms with E-state index in [0.29, 0.717) is 26.2 Å². The molecule has 0 radical (unpaired) electrons. The van der Waals surface area contributed by atoms with Gasteiger partial charge in [0, 0.05) is 17.6 Å². The van der Waals surface area contributed by atoms with Crippen molar-refractivity contribution in [1.82, 2.24) is 4.98 Å². The first-order valence-corrected chi connectivity index (χ1v) is 12.3. The maximum absolute atomic E-state index is 12.9. The number of hydrogen-bond acceptors (Lipinski definition) is 5. The summed E-state index contributed by atoms with van der Waals surface area (Å²) in [5.41, 5.74) is 2.97. The number of pyridine rings is 1. The highest BCUT2D eigenvalue weighted by Crippen LogP contribution is 2.29. The first-order valence-electron chi connectivity index (χ1n) is 10.1. The minimum absolute atomic E-state index is 0.217. The Hall–Kier alpha value is -3.13. The Labute approximate surface area is 205 Å². The van der Waals surface area contributed by atoms with Crippen molar-refractivity contribution in [2.45, 2.75) is 17.7 Å². The summed E-state index contributed by atoms with van der Waals surface area (Å²) in [5, 5.41) is 7.70. The van der Waals surface area contributed by atoms with Gasteiger partial charge in [-0.2, -0.15) is 0 Å². The molecule has 2 N–H and O–H groups in total. The lowest BCUT2D eigenvalue weighted by atomic mass is 10.2. The molecule has 0 atom stereocenters. The van der Waals surface area contributed by atoms with E-state index in [2.05, 4.69) is 15.6 Å². The number of anilines is 2. The summed E-state index contributed by atoms with van der Waals surface area (Å²) in [5.74, 6) is 0.217. The molecule has 2 aromatic carbocycles. The number of hydrogen-bond donors (Lipinski definition) is 2. The second-order valence-corrected chi connectivity index (χ2v) is 9.62. The largest absolute Gasteiger partial charge is 0.321 e. The standard InChI is InChI=1S/C25H20ClN3O2S2/c1-16-13-22(29-24(30)19-9-2-3-10-20(19)26)33-23(16)25(31)28-18-8-6-7-17(14-18)15-32-21-11-4-5-12-27-21/h2-14H,15H2,1H3,(H,28,31)(H,29,30). The average molecular weight is 494 g/mol. The third-order valence-corrected chi connectivity index (χ3v) is 7.18. The van der Waals surface area contributed by atoms with Crippen molar-refractivity contribution in [3.05, 3.63) is 106 Å². The van der Waals surface area contributed by atoms with Crippen molar-refractivity contribution >= 4 is 57.2 Å². The fourth-order valence-electron chi connectivity index (χ4n) is 3.11. The highest BCUT2D eigenvalue weighted by atomic mass is 35.5. The molecule has 0 aliphatic rings. The molecule has 0 spiro atoms. The lowest BCUT2D eigenvalue weighted by Gasteiger charge is -2.07. The van der Waals surface area contributed by atoms with Crippen molar-refractivity contribution in [2.24, 2.45) is 0 Å². The van der Waals surface area contributed by atoms with Crippen molar-refractivity contribution in [2.75, 3.05) is 10.6 Å². The number of rotatable bonds is 7. The predicted molar refractivity (Wildman–Crippen MR) is 137 cm³/mol. The Kier molecular flexibility index (Phi) is 7.44. The van der Waals surface area contributed by atoms with E-state index in [1.807, 2.05) is 49.4 Å². The number of thiophene rings is 1. The Morgan fingerprint density at radius 1 is 0.970 bits per heavy atom. The number of benzene rings is 2. The minimum Gasteiger partial charge on any atom is -0.321 e. The zero-order valence-corrected chi connectivity index (χ0v) is 20.1. The third kappa shape index (κ3) is 6.01. The van der Waals surface area contributed by atoms with E-state index in [0.717, 1.165) is 21.9 Å². The number of carbonyl (C=O) groups excluding carboxylic acids is 2. The average Bonchev–Trinajstić information content (AvgIpc) is 3.19. The van der Waals surface area contributed by atoms with Gasteiger partial charge in [-0.05, 0) is 60.5 Å². The maximum atomic E-state index is 12.9. The maximum Gasteiger partial charge on any atom is 0.266 e. The van der Waals surface area contributed by atoms with Gasteiger partial charge in [0.15, 0.2) is 0 Å². The van der Waals surface area contributed by atoms with Gasteiger partial charge in [-0.3, -0.25) is 9.59 Å². The molecular formula is C25H20ClN3O2S2. The molecule has 0 bridgehead atoms. The van der Waals surface area contributed by atoms with Crippen LogP contribution in [0.1, 0.15) is 31.2 Å². The first-order chi connectivity index (χ1) is 16.0. The molecule has 0 saturated carbocycles. The van der Waals surface area contributed by atoms with Crippen LogP contribution in [0.25, 0.3) is 0 Å². The minimum atomic E-state index is -0.313. The highest BCUT2D eigenvalue weighted by molar-refractivity contribution is 7.98. The topological polar surface area (TPSA) is 71.1 Å². The number of nitrogens with one attached hydrogen (secondary N) is 2. The van der Waals surface area contributed by atoms with Crippen LogP contribution in [0.2, 0.25) is 5.02 Å². The fraction of sp³-hybridized carbons (Fsp3) is 0.0800. The van der Waals surface area contributed by atoms with Crippen LogP contribution in [0.4, 0.5) is 10.7 Å². The SMILES string of the molecule is Cc1cc(NC(=O)c2ccccc2Cl)sc1C(=O)Nc1cccc(CSc2ccccn2)c1. The number of nitrogens with zero attached hydrogens (tertiary/aromatic N) is 1. The molecule has 166 valence electrons. The zero-order chi connectivity index (χ0) is 23.2. The van der Waals surface area contributed by atoms with Crippen LogP contribution < -0.4 is 10.6 Å². The quantitative estimate of drug-likeness (QED) is 0.274. The van der Waals surface area contributed by atoms with E-state index >= 15 is 0 Å². The van der Waals surface area contributed by atoms with Crippen molar-refractivity contribution in [1.29, 1.82) is 0 Å². The molecule has 0 saturated heterocycles. The van der Waals surface area contributed by atoms with E-state index in [4.69, 9.17) is 11.6 Å². The van der Waals surface area contributed by atoms with Crippen LogP contribution in [-0.2, 0) is 5.75 Å². The van der Waals surface area contributed by atoms with E-state index in [1.54, 1.807) is 48.3 Å². The molecule has 2 heterocycles. The van der Waals surface area contributed by atoms with Crippen LogP contribution in [0.15, 0.2) is 84.0 Å². The summed E-state index contributed by atoms with van der Waals surface area (Å²) in [6.45, 7) is 1.84. The Morgan fingerprint density at radius 2 is 1.79 bits per heavy atom. The summed E-state index contributed by atoms with van der Waals surface area (Å²) in [6, 6.07) is 22.2. The van der Waals surface area contributed by atoms with Gasteiger partial charge in [0.25, 0.3) is 11.8 Å². The number of aromatic nitrogens is 1. The van der Waals surface area contributed by atoms with Crippen LogP contribution >= 0.6 is 34.7 Å². The number of halogens is 1. The number of carbonyl (C=O) groups is 2. The monoisotopic (exact) mass is 493 g/mol. The van der Waals surface area contributed by atoms with Crippen LogP contribution in [0.3, 0.4) is 0 Å². The molecule has 0 fully saturated rings. The number of amides is 2. The summed E-state index contributed by atoms with van der Waals surface area (Å²) >= 11 is 8.97. The van der Waals surface area contributed by atoms with Gasteiger partial charge in [0.2, 0.25) is 0 Å². The summed E-state index contributed by atoms with van der Waals surface area (Å²) < 4.78 is 0. The smallest absolute Gasteiger partial charge is 0.266 e. The van der Waals surface area contributed by atoms with Crippen molar-refractivity contribution in [3.63, 3.8) is 0 Å². The van der Waals surface area contributed by atoms with E-state index in [-0.39, 0.29) is 11.8 Å². The van der Waals surface area contributed by atoms with Crippen LogP contribution in [-0.4, -0.2) is 16.8 Å². The third-order valence-electron chi connectivity index (χ3n) is 4.69. The normalized spacial score (nSPS) is 10.6. The summed E-state index contributed by atoms with van der Waals surface area (Å²) in [6.07, 6.45) is 1.77. The van der Waals surface area contributed by atoms with E-state index in [1.165, 1.54) is 11.3 Å². The molecular weight excluding hydrogens is 474 g/mol. The first kappa shape index (κ1) is 23.0. The number of aryl methyl sites for hydroxylation is 1. The zero-order valence-electron chi connectivity index (χ0n) is 17.7. The van der Waals surface area contributed by atoms with Gasteiger partial charge < -0.3 is 10.6 Å². The number of thioether (sulfide) groups is 1. The van der Waals surface area contributed by atoms with Gasteiger partial charge in [-0.1, -0.05) is 41.9 Å². The Bertz CT molecular complexity index is 1290. The highest BCUT2D eigenvalue weighted by Gasteiger charge is 2.17. The van der Waals surface area contributed by atoms with E-state index < -0.39 is 0 Å². The molecule has 0 aliphatic carbocycles. The Morgan fingerprint density at radius 3 is 2.58 bits per heavy atom. The van der Waals surface area contributed by atoms with E-state index in [9.17, 15) is 9.59 Å². The van der Waals surface area contributed by atoms with Crippen molar-refractivity contribution < 1.29 is 9.59 Å². The summed E-state index contributed by atoms with van der Waals surface area (Å²) in [4.78, 5) is 30.3. The molecule has 2 aromatic heterocycles. The lowest BCUT2D eigenvalue weighted by molar-refractivity contribution is 0.102. The predicted octanol–water partition coefficient (Wildman–Crippen LogP) is 6.90. The molecule has 2 amide bonds. The molecule has 4 aromatic rings.